The zero-order valence-corrected chi connectivity index (χ0v) is 19.7. The van der Waals surface area contributed by atoms with E-state index in [4.69, 9.17) is 21.4 Å². The lowest BCUT2D eigenvalue weighted by Gasteiger charge is -2.32. The first-order valence-corrected chi connectivity index (χ1v) is 12.1. The highest BCUT2D eigenvalue weighted by atomic mass is 35.5. The van der Waals surface area contributed by atoms with Crippen molar-refractivity contribution in [3.63, 3.8) is 0 Å². The van der Waals surface area contributed by atoms with Crippen LogP contribution in [-0.4, -0.2) is 26.1 Å². The van der Waals surface area contributed by atoms with Gasteiger partial charge in [0.25, 0.3) is 10.0 Å². The number of carbonyl (C=O) groups is 1. The van der Waals surface area contributed by atoms with Gasteiger partial charge in [0.15, 0.2) is 0 Å². The van der Waals surface area contributed by atoms with Crippen molar-refractivity contribution in [2.75, 3.05) is 10.9 Å². The van der Waals surface area contributed by atoms with Gasteiger partial charge >= 0.3 is 5.97 Å². The van der Waals surface area contributed by atoms with E-state index in [1.165, 1.54) is 31.2 Å². The van der Waals surface area contributed by atoms with Crippen LogP contribution in [0.15, 0.2) is 71.6 Å². The molecule has 10 heteroatoms. The summed E-state index contributed by atoms with van der Waals surface area (Å²) in [7, 11) is -4.38. The van der Waals surface area contributed by atoms with Crippen molar-refractivity contribution in [3.05, 3.63) is 89.0 Å². The Kier molecular flexibility index (Phi) is 8.11. The fraction of sp³-hybridized carbons (Fsp3) is 0.208. The molecule has 0 aliphatic rings. The average molecular weight is 510 g/mol. The molecule has 0 fully saturated rings. The van der Waals surface area contributed by atoms with Gasteiger partial charge in [-0.25, -0.2) is 17.2 Å². The third kappa shape index (κ3) is 5.84. The number of para-hydroxylation sites is 1. The first-order valence-electron chi connectivity index (χ1n) is 10.3. The molecule has 0 aliphatic carbocycles. The molecular weight excluding hydrogens is 488 g/mol. The standard InChI is InChI=1S/C24H22ClF2NO5S/c1-16(20-5-2-3-6-23(20)33-14-4-7-24(29)30)28(22-15-18(26)10-13-21(22)27)34(31,32)19-11-8-17(25)9-12-19/h2-3,5-6,8-13,15-16H,4,7,14H2,1H3,(H,29,30). The third-order valence-electron chi connectivity index (χ3n) is 5.03. The molecule has 0 bridgehead atoms. The van der Waals surface area contributed by atoms with E-state index in [1.807, 2.05) is 0 Å². The van der Waals surface area contributed by atoms with Crippen molar-refractivity contribution < 1.29 is 31.8 Å². The number of anilines is 1. The van der Waals surface area contributed by atoms with Crippen LogP contribution in [-0.2, 0) is 14.8 Å². The van der Waals surface area contributed by atoms with Gasteiger partial charge in [0.05, 0.1) is 23.2 Å². The van der Waals surface area contributed by atoms with Crippen LogP contribution in [0, 0.1) is 11.6 Å². The Morgan fingerprint density at radius 1 is 1.09 bits per heavy atom. The largest absolute Gasteiger partial charge is 0.493 e. The maximum Gasteiger partial charge on any atom is 0.303 e. The Hall–Kier alpha value is -3.17. The van der Waals surface area contributed by atoms with Gasteiger partial charge in [-0.1, -0.05) is 29.8 Å². The van der Waals surface area contributed by atoms with E-state index < -0.39 is 39.4 Å². The molecule has 0 heterocycles. The number of sulfonamides is 1. The first kappa shape index (κ1) is 25.5. The summed E-state index contributed by atoms with van der Waals surface area (Å²) in [6.07, 6.45) is 0.145. The lowest BCUT2D eigenvalue weighted by Crippen LogP contribution is -2.34. The molecule has 3 rings (SSSR count). The topological polar surface area (TPSA) is 83.9 Å². The number of hydrogen-bond donors (Lipinski definition) is 1. The fourth-order valence-electron chi connectivity index (χ4n) is 3.41. The van der Waals surface area contributed by atoms with E-state index in [1.54, 1.807) is 24.3 Å². The molecule has 1 atom stereocenters. The minimum atomic E-state index is -4.38. The van der Waals surface area contributed by atoms with Gasteiger partial charge in [-0.2, -0.15) is 0 Å². The lowest BCUT2D eigenvalue weighted by atomic mass is 10.1. The first-order chi connectivity index (χ1) is 16.1. The molecule has 0 aromatic heterocycles. The Bertz CT molecular complexity index is 1270. The van der Waals surface area contributed by atoms with E-state index in [0.717, 1.165) is 22.5 Å². The van der Waals surface area contributed by atoms with Crippen molar-refractivity contribution in [2.45, 2.75) is 30.7 Å². The molecular formula is C24H22ClF2NO5S. The van der Waals surface area contributed by atoms with Crippen LogP contribution in [0.2, 0.25) is 5.02 Å². The SMILES string of the molecule is CC(c1ccccc1OCCCC(=O)O)N(c1cc(F)ccc1F)S(=O)(=O)c1ccc(Cl)cc1. The molecule has 34 heavy (non-hydrogen) atoms. The summed E-state index contributed by atoms with van der Waals surface area (Å²) < 4.78 is 62.8. The molecule has 0 radical (unpaired) electrons. The van der Waals surface area contributed by atoms with Crippen molar-refractivity contribution in [1.29, 1.82) is 0 Å². The highest BCUT2D eigenvalue weighted by Crippen LogP contribution is 2.38. The second kappa shape index (κ2) is 10.8. The third-order valence-corrected chi connectivity index (χ3v) is 7.18. The Morgan fingerprint density at radius 3 is 2.44 bits per heavy atom. The van der Waals surface area contributed by atoms with Gasteiger partial charge in [-0.3, -0.25) is 9.10 Å². The van der Waals surface area contributed by atoms with E-state index in [9.17, 15) is 22.0 Å². The number of ether oxygens (including phenoxy) is 1. The summed E-state index contributed by atoms with van der Waals surface area (Å²) in [6.45, 7) is 1.60. The number of carboxylic acid groups (broad SMARTS) is 1. The van der Waals surface area contributed by atoms with Crippen LogP contribution in [0.4, 0.5) is 14.5 Å². The van der Waals surface area contributed by atoms with Crippen molar-refractivity contribution in [2.24, 2.45) is 0 Å². The molecule has 1 N–H and O–H groups in total. The molecule has 3 aromatic carbocycles. The minimum absolute atomic E-state index is 0.0777. The monoisotopic (exact) mass is 509 g/mol. The predicted molar refractivity (Wildman–Crippen MR) is 125 cm³/mol. The summed E-state index contributed by atoms with van der Waals surface area (Å²) in [5.74, 6) is -2.40. The molecule has 1 unspecified atom stereocenters. The Morgan fingerprint density at radius 2 is 1.76 bits per heavy atom. The van der Waals surface area contributed by atoms with E-state index in [0.29, 0.717) is 16.3 Å². The van der Waals surface area contributed by atoms with Gasteiger partial charge < -0.3 is 9.84 Å². The van der Waals surface area contributed by atoms with Gasteiger partial charge in [-0.05, 0) is 55.8 Å². The molecule has 0 saturated heterocycles. The van der Waals surface area contributed by atoms with E-state index >= 15 is 0 Å². The van der Waals surface area contributed by atoms with Gasteiger partial charge in [-0.15, -0.1) is 0 Å². The number of aliphatic carboxylic acids is 1. The number of nitrogens with zero attached hydrogens (tertiary/aromatic N) is 1. The van der Waals surface area contributed by atoms with Gasteiger partial charge in [0.1, 0.15) is 17.4 Å². The number of benzene rings is 3. The number of halogens is 3. The maximum atomic E-state index is 14.8. The van der Waals surface area contributed by atoms with Gasteiger partial charge in [0.2, 0.25) is 0 Å². The summed E-state index contributed by atoms with van der Waals surface area (Å²) in [4.78, 5) is 10.6. The predicted octanol–water partition coefficient (Wildman–Crippen LogP) is 5.82. The second-order valence-electron chi connectivity index (χ2n) is 7.41. The van der Waals surface area contributed by atoms with Crippen molar-refractivity contribution in [1.82, 2.24) is 0 Å². The molecule has 180 valence electrons. The molecule has 0 saturated carbocycles. The zero-order chi connectivity index (χ0) is 24.9. The van der Waals surface area contributed by atoms with Crippen molar-refractivity contribution >= 4 is 33.3 Å². The van der Waals surface area contributed by atoms with E-state index in [2.05, 4.69) is 0 Å². The van der Waals surface area contributed by atoms with Crippen LogP contribution < -0.4 is 9.04 Å². The summed E-state index contributed by atoms with van der Waals surface area (Å²) in [6, 6.07) is 13.4. The number of hydrogen-bond acceptors (Lipinski definition) is 4. The summed E-state index contributed by atoms with van der Waals surface area (Å²) in [5, 5.41) is 9.13. The van der Waals surface area contributed by atoms with Crippen LogP contribution in [0.25, 0.3) is 0 Å². The Balaban J connectivity index is 2.08. The highest BCUT2D eigenvalue weighted by molar-refractivity contribution is 7.92. The normalized spacial score (nSPS) is 12.2. The zero-order valence-electron chi connectivity index (χ0n) is 18.1. The highest BCUT2D eigenvalue weighted by Gasteiger charge is 2.34. The smallest absolute Gasteiger partial charge is 0.303 e. The lowest BCUT2D eigenvalue weighted by molar-refractivity contribution is -0.137. The van der Waals surface area contributed by atoms with Crippen LogP contribution in [0.1, 0.15) is 31.4 Å². The van der Waals surface area contributed by atoms with E-state index in [-0.39, 0.29) is 24.3 Å². The van der Waals surface area contributed by atoms with Crippen molar-refractivity contribution in [3.8, 4) is 5.75 Å². The Labute approximate surface area is 201 Å². The fourth-order valence-corrected chi connectivity index (χ4v) is 5.17. The summed E-state index contributed by atoms with van der Waals surface area (Å²) in [5.41, 5.74) is -0.0813. The second-order valence-corrected chi connectivity index (χ2v) is 9.66. The number of rotatable bonds is 10. The average Bonchev–Trinajstić information content (AvgIpc) is 2.79. The van der Waals surface area contributed by atoms with Gasteiger partial charge in [0, 0.05) is 23.1 Å². The molecule has 0 aliphatic heterocycles. The number of carboxylic acids is 1. The molecule has 3 aromatic rings. The minimum Gasteiger partial charge on any atom is -0.493 e. The van der Waals surface area contributed by atoms with Crippen LogP contribution in [0.5, 0.6) is 5.75 Å². The maximum absolute atomic E-state index is 14.8. The summed E-state index contributed by atoms with van der Waals surface area (Å²) >= 11 is 5.89. The molecule has 0 amide bonds. The quantitative estimate of drug-likeness (QED) is 0.348. The molecule has 6 nitrogen and oxygen atoms in total. The van der Waals surface area contributed by atoms with Crippen LogP contribution >= 0.6 is 11.6 Å². The molecule has 0 spiro atoms. The van der Waals surface area contributed by atoms with Crippen LogP contribution in [0.3, 0.4) is 0 Å².